The molecule has 1 nitrogen and oxygen atoms in total. The fraction of sp³-hybridized carbons (Fsp3) is 0.0952. The van der Waals surface area contributed by atoms with E-state index in [2.05, 4.69) is 96.0 Å². The van der Waals surface area contributed by atoms with Gasteiger partial charge in [-0.15, -0.1) is 0 Å². The fourth-order valence-corrected chi connectivity index (χ4v) is 4.48. The molecule has 0 bridgehead atoms. The van der Waals surface area contributed by atoms with E-state index in [1.54, 1.807) is 13.3 Å². The number of nitrogens with zero attached hydrogens (tertiary/aromatic N) is 1. The molecule has 0 radical (unpaired) electrons. The summed E-state index contributed by atoms with van der Waals surface area (Å²) in [4.78, 5) is 3.61. The Hall–Kier alpha value is -2.24. The Morgan fingerprint density at radius 2 is 0.870 bits per heavy atom. The van der Waals surface area contributed by atoms with Crippen molar-refractivity contribution in [1.82, 2.24) is 0 Å². The first-order chi connectivity index (χ1) is 11.4. The van der Waals surface area contributed by atoms with Crippen LogP contribution in [0.25, 0.3) is 0 Å². The van der Waals surface area contributed by atoms with Gasteiger partial charge in [-0.05, 0) is 37.0 Å². The minimum Gasteiger partial charge on any atom is -0.301 e. The maximum absolute atomic E-state index is 3.61. The van der Waals surface area contributed by atoms with E-state index >= 15 is 0 Å². The van der Waals surface area contributed by atoms with Gasteiger partial charge in [-0.1, -0.05) is 91.0 Å². The highest BCUT2D eigenvalue weighted by Gasteiger charge is 2.14. The highest BCUT2D eigenvalue weighted by molar-refractivity contribution is 7.79. The van der Waals surface area contributed by atoms with Gasteiger partial charge in [0.2, 0.25) is 0 Å². The number of hydrogen-bond donors (Lipinski definition) is 0. The lowest BCUT2D eigenvalue weighted by atomic mass is 10.4. The third-order valence-corrected chi connectivity index (χ3v) is 5.74. The standard InChI is InChI=1S/C18H15P.C3H7N/c1-4-10-16(11-5-1)19(17-12-6-2-7-13-17)18-14-8-3-9-15-18;1-3-4-2/h1-15H;3H,1-2H3. The molecule has 3 rings (SSSR count). The second kappa shape index (κ2) is 9.71. The molecule has 0 unspecified atom stereocenters. The van der Waals surface area contributed by atoms with Crippen molar-refractivity contribution < 1.29 is 0 Å². The van der Waals surface area contributed by atoms with Crippen LogP contribution in [0.15, 0.2) is 96.0 Å². The first-order valence-electron chi connectivity index (χ1n) is 7.69. The van der Waals surface area contributed by atoms with Crippen LogP contribution < -0.4 is 15.9 Å². The van der Waals surface area contributed by atoms with Crippen LogP contribution in [0, 0.1) is 0 Å². The molecule has 0 N–H and O–H groups in total. The van der Waals surface area contributed by atoms with Gasteiger partial charge < -0.3 is 4.99 Å². The van der Waals surface area contributed by atoms with E-state index in [0.717, 1.165) is 0 Å². The summed E-state index contributed by atoms with van der Waals surface area (Å²) < 4.78 is 0. The smallest absolute Gasteiger partial charge is 0.0273 e. The topological polar surface area (TPSA) is 12.4 Å². The lowest BCUT2D eigenvalue weighted by molar-refractivity contribution is 1.46. The second-order valence-corrected chi connectivity index (χ2v) is 7.08. The molecule has 0 fully saturated rings. The average Bonchev–Trinajstić information content (AvgIpc) is 2.65. The van der Waals surface area contributed by atoms with Crippen molar-refractivity contribution in [3.8, 4) is 0 Å². The zero-order valence-electron chi connectivity index (χ0n) is 13.6. The summed E-state index contributed by atoms with van der Waals surface area (Å²) in [6.07, 6.45) is 1.75. The van der Waals surface area contributed by atoms with E-state index in [1.807, 2.05) is 6.92 Å². The van der Waals surface area contributed by atoms with Crippen LogP contribution in [0.1, 0.15) is 6.92 Å². The molecule has 0 aliphatic heterocycles. The first-order valence-corrected chi connectivity index (χ1v) is 9.03. The average molecular weight is 319 g/mol. The Bertz CT molecular complexity index is 596. The van der Waals surface area contributed by atoms with E-state index in [4.69, 9.17) is 0 Å². The molecule has 3 aromatic carbocycles. The molecule has 0 heterocycles. The Morgan fingerprint density at radius 1 is 0.609 bits per heavy atom. The lowest BCUT2D eigenvalue weighted by Crippen LogP contribution is -2.20. The highest BCUT2D eigenvalue weighted by atomic mass is 31.1. The van der Waals surface area contributed by atoms with Gasteiger partial charge in [0.1, 0.15) is 0 Å². The number of aliphatic imine (C=N–C) groups is 1. The SMILES string of the molecule is CC=NC.c1ccc(P(c2ccccc2)c2ccccc2)cc1. The van der Waals surface area contributed by atoms with Crippen LogP contribution in [0.4, 0.5) is 0 Å². The molecular weight excluding hydrogens is 297 g/mol. The second-order valence-electron chi connectivity index (χ2n) is 4.86. The number of benzene rings is 3. The largest absolute Gasteiger partial charge is 0.301 e. The van der Waals surface area contributed by atoms with Crippen LogP contribution in [0.3, 0.4) is 0 Å². The van der Waals surface area contributed by atoms with Crippen molar-refractivity contribution in [2.75, 3.05) is 7.05 Å². The summed E-state index contributed by atoms with van der Waals surface area (Å²) >= 11 is 0. The molecule has 0 saturated heterocycles. The summed E-state index contributed by atoms with van der Waals surface area (Å²) in [6.45, 7) is 1.89. The van der Waals surface area contributed by atoms with Gasteiger partial charge in [0, 0.05) is 7.05 Å². The molecule has 0 atom stereocenters. The summed E-state index contributed by atoms with van der Waals surface area (Å²) in [7, 11) is 1.30. The van der Waals surface area contributed by atoms with Gasteiger partial charge in [0.25, 0.3) is 0 Å². The van der Waals surface area contributed by atoms with Crippen LogP contribution >= 0.6 is 7.92 Å². The van der Waals surface area contributed by atoms with Crippen LogP contribution in [-0.2, 0) is 0 Å². The van der Waals surface area contributed by atoms with Crippen molar-refractivity contribution in [2.24, 2.45) is 4.99 Å². The Morgan fingerprint density at radius 3 is 1.09 bits per heavy atom. The zero-order valence-corrected chi connectivity index (χ0v) is 14.5. The number of hydrogen-bond acceptors (Lipinski definition) is 1. The molecule has 0 aliphatic rings. The molecule has 23 heavy (non-hydrogen) atoms. The highest BCUT2D eigenvalue weighted by Crippen LogP contribution is 2.32. The summed E-state index contributed by atoms with van der Waals surface area (Å²) in [5.74, 6) is 0. The van der Waals surface area contributed by atoms with E-state index in [9.17, 15) is 0 Å². The first kappa shape index (κ1) is 17.1. The van der Waals surface area contributed by atoms with Gasteiger partial charge in [-0.3, -0.25) is 0 Å². The zero-order chi connectivity index (χ0) is 16.3. The third kappa shape index (κ3) is 5.16. The van der Waals surface area contributed by atoms with Gasteiger partial charge in [0.15, 0.2) is 0 Å². The monoisotopic (exact) mass is 319 g/mol. The van der Waals surface area contributed by atoms with Crippen molar-refractivity contribution in [2.45, 2.75) is 6.92 Å². The molecule has 0 spiro atoms. The van der Waals surface area contributed by atoms with Crippen molar-refractivity contribution in [3.05, 3.63) is 91.0 Å². The van der Waals surface area contributed by atoms with Crippen LogP contribution in [0.5, 0.6) is 0 Å². The van der Waals surface area contributed by atoms with E-state index in [1.165, 1.54) is 15.9 Å². The predicted molar refractivity (Wildman–Crippen MR) is 105 cm³/mol. The molecule has 2 heteroatoms. The third-order valence-electron chi connectivity index (χ3n) is 3.30. The molecule has 0 aliphatic carbocycles. The Labute approximate surface area is 140 Å². The fourth-order valence-electron chi connectivity index (χ4n) is 2.18. The Balaban J connectivity index is 0.000000433. The van der Waals surface area contributed by atoms with Gasteiger partial charge >= 0.3 is 0 Å². The normalized spacial score (nSPS) is 10.4. The summed E-state index contributed by atoms with van der Waals surface area (Å²) in [6, 6.07) is 32.3. The quantitative estimate of drug-likeness (QED) is 0.508. The van der Waals surface area contributed by atoms with Gasteiger partial charge in [-0.25, -0.2) is 0 Å². The maximum atomic E-state index is 3.61. The molecular formula is C21H22NP. The molecule has 0 aromatic heterocycles. The van der Waals surface area contributed by atoms with Crippen LogP contribution in [-0.4, -0.2) is 13.3 Å². The van der Waals surface area contributed by atoms with Gasteiger partial charge in [-0.2, -0.15) is 0 Å². The van der Waals surface area contributed by atoms with Crippen molar-refractivity contribution in [3.63, 3.8) is 0 Å². The number of rotatable bonds is 3. The van der Waals surface area contributed by atoms with E-state index in [-0.39, 0.29) is 0 Å². The van der Waals surface area contributed by atoms with E-state index in [0.29, 0.717) is 0 Å². The Kier molecular flexibility index (Phi) is 7.23. The van der Waals surface area contributed by atoms with Crippen LogP contribution in [0.2, 0.25) is 0 Å². The summed E-state index contributed by atoms with van der Waals surface area (Å²) in [5, 5.41) is 4.19. The molecule has 0 saturated carbocycles. The van der Waals surface area contributed by atoms with Crippen molar-refractivity contribution >= 4 is 30.0 Å². The lowest BCUT2D eigenvalue weighted by Gasteiger charge is -2.18. The maximum Gasteiger partial charge on any atom is 0.0273 e. The summed E-state index contributed by atoms with van der Waals surface area (Å²) in [5.41, 5.74) is 0. The predicted octanol–water partition coefficient (Wildman–Crippen LogP) is 4.15. The van der Waals surface area contributed by atoms with Crippen molar-refractivity contribution in [1.29, 1.82) is 0 Å². The minimum atomic E-state index is -0.446. The molecule has 3 aromatic rings. The van der Waals surface area contributed by atoms with E-state index < -0.39 is 7.92 Å². The van der Waals surface area contributed by atoms with Gasteiger partial charge in [0.05, 0.1) is 0 Å². The minimum absolute atomic E-state index is 0.446. The molecule has 0 amide bonds. The molecule has 116 valence electrons.